The number of ether oxygens (including phenoxy) is 1. The molecule has 0 spiro atoms. The van der Waals surface area contributed by atoms with E-state index in [1.165, 1.54) is 4.88 Å². The van der Waals surface area contributed by atoms with Crippen LogP contribution in [0.3, 0.4) is 0 Å². The number of nitrogens with zero attached hydrogens (tertiary/aromatic N) is 2. The van der Waals surface area contributed by atoms with Crippen molar-refractivity contribution in [3.05, 3.63) is 46.7 Å². The number of sulfone groups is 1. The van der Waals surface area contributed by atoms with Crippen LogP contribution in [0.4, 0.5) is 5.69 Å². The van der Waals surface area contributed by atoms with Crippen molar-refractivity contribution in [3.63, 3.8) is 0 Å². The van der Waals surface area contributed by atoms with Gasteiger partial charge in [0.05, 0.1) is 30.7 Å². The molecule has 2 aliphatic rings. The van der Waals surface area contributed by atoms with Gasteiger partial charge in [0.25, 0.3) is 0 Å². The van der Waals surface area contributed by atoms with Crippen molar-refractivity contribution in [2.45, 2.75) is 25.4 Å². The molecule has 3 heterocycles. The van der Waals surface area contributed by atoms with Crippen LogP contribution in [0.2, 0.25) is 0 Å². The van der Waals surface area contributed by atoms with Crippen molar-refractivity contribution >= 4 is 32.8 Å². The standard InChI is InChI=1S/C20H24N2O4S2/c1-2-26-16-7-5-15(6-8-16)22-19-14-28(24,25)13-18(19)21(12-20(22)23)10-9-17-4-3-11-27-17/h3-8,11,18-19H,2,9-10,12-14H2,1H3. The minimum absolute atomic E-state index is 0.0200. The maximum atomic E-state index is 13.0. The number of thiophene rings is 1. The Balaban J connectivity index is 1.57. The second-order valence-corrected chi connectivity index (χ2v) is 10.4. The van der Waals surface area contributed by atoms with Crippen LogP contribution in [0.5, 0.6) is 5.75 Å². The first kappa shape index (κ1) is 19.4. The molecule has 2 atom stereocenters. The Bertz CT molecular complexity index is 926. The van der Waals surface area contributed by atoms with Gasteiger partial charge in [-0.25, -0.2) is 8.42 Å². The van der Waals surface area contributed by atoms with E-state index < -0.39 is 9.84 Å². The van der Waals surface area contributed by atoms with Crippen LogP contribution in [0, 0.1) is 0 Å². The third-order valence-corrected chi connectivity index (χ3v) is 7.99. The monoisotopic (exact) mass is 420 g/mol. The molecule has 1 aromatic carbocycles. The minimum atomic E-state index is -3.17. The average Bonchev–Trinajstić information content (AvgIpc) is 3.28. The van der Waals surface area contributed by atoms with Crippen LogP contribution in [0.15, 0.2) is 41.8 Å². The van der Waals surface area contributed by atoms with Crippen molar-refractivity contribution in [2.24, 2.45) is 0 Å². The molecule has 2 aromatic rings. The predicted octanol–water partition coefficient (Wildman–Crippen LogP) is 2.20. The number of rotatable bonds is 6. The van der Waals surface area contributed by atoms with Crippen molar-refractivity contribution in [2.75, 3.05) is 36.1 Å². The van der Waals surface area contributed by atoms with E-state index in [1.54, 1.807) is 16.2 Å². The summed E-state index contributed by atoms with van der Waals surface area (Å²) in [5.41, 5.74) is 0.735. The molecule has 0 saturated carbocycles. The van der Waals surface area contributed by atoms with E-state index in [9.17, 15) is 13.2 Å². The number of fused-ring (bicyclic) bond motifs is 1. The van der Waals surface area contributed by atoms with Gasteiger partial charge in [-0.15, -0.1) is 11.3 Å². The van der Waals surface area contributed by atoms with E-state index in [4.69, 9.17) is 4.74 Å². The molecule has 150 valence electrons. The lowest BCUT2D eigenvalue weighted by Gasteiger charge is -2.43. The highest BCUT2D eigenvalue weighted by Crippen LogP contribution is 2.32. The number of hydrogen-bond acceptors (Lipinski definition) is 6. The second-order valence-electron chi connectivity index (χ2n) is 7.20. The van der Waals surface area contributed by atoms with Gasteiger partial charge in [-0.3, -0.25) is 9.69 Å². The van der Waals surface area contributed by atoms with E-state index in [0.717, 1.165) is 17.9 Å². The number of carbonyl (C=O) groups is 1. The van der Waals surface area contributed by atoms with Gasteiger partial charge in [0.1, 0.15) is 5.75 Å². The Morgan fingerprint density at radius 2 is 1.89 bits per heavy atom. The molecule has 0 aliphatic carbocycles. The first-order valence-corrected chi connectivity index (χ1v) is 12.2. The third-order valence-electron chi connectivity index (χ3n) is 5.35. The summed E-state index contributed by atoms with van der Waals surface area (Å²) in [5.74, 6) is 0.826. The first-order valence-electron chi connectivity index (χ1n) is 9.48. The fourth-order valence-corrected chi connectivity index (χ4v) is 6.80. The molecule has 4 rings (SSSR count). The largest absolute Gasteiger partial charge is 0.494 e. The van der Waals surface area contributed by atoms with Crippen LogP contribution in [0.1, 0.15) is 11.8 Å². The van der Waals surface area contributed by atoms with Gasteiger partial charge in [-0.05, 0) is 49.1 Å². The number of benzene rings is 1. The maximum absolute atomic E-state index is 13.0. The van der Waals surface area contributed by atoms with Crippen LogP contribution in [0.25, 0.3) is 0 Å². The van der Waals surface area contributed by atoms with Crippen molar-refractivity contribution in [3.8, 4) is 5.75 Å². The summed E-state index contributed by atoms with van der Waals surface area (Å²) >= 11 is 1.69. The van der Waals surface area contributed by atoms with Crippen molar-refractivity contribution in [1.29, 1.82) is 0 Å². The Morgan fingerprint density at radius 1 is 1.14 bits per heavy atom. The average molecular weight is 421 g/mol. The van der Waals surface area contributed by atoms with Gasteiger partial charge in [-0.2, -0.15) is 0 Å². The molecular formula is C20H24N2O4S2. The predicted molar refractivity (Wildman–Crippen MR) is 111 cm³/mol. The molecule has 0 radical (unpaired) electrons. The molecular weight excluding hydrogens is 396 g/mol. The SMILES string of the molecule is CCOc1ccc(N2C(=O)CN(CCc3cccs3)C3CS(=O)(=O)CC32)cc1. The Labute approximate surface area is 169 Å². The van der Waals surface area contributed by atoms with Crippen LogP contribution in [-0.2, 0) is 21.1 Å². The lowest BCUT2D eigenvalue weighted by Crippen LogP contribution is -2.62. The molecule has 2 saturated heterocycles. The summed E-state index contributed by atoms with van der Waals surface area (Å²) in [5, 5.41) is 2.03. The zero-order chi connectivity index (χ0) is 19.7. The smallest absolute Gasteiger partial charge is 0.241 e. The van der Waals surface area contributed by atoms with Crippen molar-refractivity contribution < 1.29 is 17.9 Å². The summed E-state index contributed by atoms with van der Waals surface area (Å²) in [4.78, 5) is 18.0. The molecule has 2 unspecified atom stereocenters. The lowest BCUT2D eigenvalue weighted by molar-refractivity contribution is -0.123. The summed E-state index contributed by atoms with van der Waals surface area (Å²) in [6, 6.07) is 10.9. The molecule has 1 aromatic heterocycles. The highest BCUT2D eigenvalue weighted by Gasteiger charge is 2.49. The summed E-state index contributed by atoms with van der Waals surface area (Å²) in [6.07, 6.45) is 0.831. The molecule has 0 N–H and O–H groups in total. The maximum Gasteiger partial charge on any atom is 0.241 e. The molecule has 8 heteroatoms. The quantitative estimate of drug-likeness (QED) is 0.717. The van der Waals surface area contributed by atoms with Crippen molar-refractivity contribution in [1.82, 2.24) is 4.90 Å². The number of piperazine rings is 1. The topological polar surface area (TPSA) is 66.9 Å². The van der Waals surface area contributed by atoms with Gasteiger partial charge >= 0.3 is 0 Å². The van der Waals surface area contributed by atoms with Crippen LogP contribution < -0.4 is 9.64 Å². The highest BCUT2D eigenvalue weighted by molar-refractivity contribution is 7.91. The minimum Gasteiger partial charge on any atom is -0.494 e. The second kappa shape index (κ2) is 7.85. The van der Waals surface area contributed by atoms with Crippen LogP contribution >= 0.6 is 11.3 Å². The van der Waals surface area contributed by atoms with Gasteiger partial charge < -0.3 is 9.64 Å². The fourth-order valence-electron chi connectivity index (χ4n) is 4.12. The molecule has 28 heavy (non-hydrogen) atoms. The zero-order valence-electron chi connectivity index (χ0n) is 15.8. The summed E-state index contributed by atoms with van der Waals surface area (Å²) < 4.78 is 30.3. The van der Waals surface area contributed by atoms with Crippen LogP contribution in [-0.4, -0.2) is 62.5 Å². The molecule has 2 aliphatic heterocycles. The highest BCUT2D eigenvalue weighted by atomic mass is 32.2. The lowest BCUT2D eigenvalue weighted by atomic mass is 10.0. The number of anilines is 1. The van der Waals surface area contributed by atoms with E-state index in [1.807, 2.05) is 42.6 Å². The fraction of sp³-hybridized carbons (Fsp3) is 0.450. The molecule has 0 bridgehead atoms. The Kier molecular flexibility index (Phi) is 5.44. The summed E-state index contributed by atoms with van der Waals surface area (Å²) in [7, 11) is -3.17. The van der Waals surface area contributed by atoms with Gasteiger partial charge in [0.15, 0.2) is 9.84 Å². The Hall–Kier alpha value is -1.90. The summed E-state index contributed by atoms with van der Waals surface area (Å²) in [6.45, 7) is 3.43. The first-order chi connectivity index (χ1) is 13.5. The van der Waals surface area contributed by atoms with E-state index in [0.29, 0.717) is 13.2 Å². The number of carbonyl (C=O) groups excluding carboxylic acids is 1. The molecule has 6 nitrogen and oxygen atoms in total. The zero-order valence-corrected chi connectivity index (χ0v) is 17.4. The third kappa shape index (κ3) is 3.94. The van der Waals surface area contributed by atoms with Gasteiger partial charge in [0.2, 0.25) is 5.91 Å². The molecule has 1 amide bonds. The number of amides is 1. The normalized spacial score (nSPS) is 24.3. The molecule has 2 fully saturated rings. The van der Waals surface area contributed by atoms with E-state index in [-0.39, 0.29) is 36.0 Å². The number of hydrogen-bond donors (Lipinski definition) is 0. The van der Waals surface area contributed by atoms with Gasteiger partial charge in [0, 0.05) is 23.2 Å². The van der Waals surface area contributed by atoms with E-state index in [2.05, 4.69) is 11.0 Å². The van der Waals surface area contributed by atoms with Gasteiger partial charge in [-0.1, -0.05) is 6.07 Å². The Morgan fingerprint density at radius 3 is 2.57 bits per heavy atom. The van der Waals surface area contributed by atoms with E-state index >= 15 is 0 Å².